The molecule has 0 radical (unpaired) electrons. The van der Waals surface area contributed by atoms with E-state index >= 15 is 0 Å². The summed E-state index contributed by atoms with van der Waals surface area (Å²) in [6.45, 7) is 2.50. The van der Waals surface area contributed by atoms with Crippen LogP contribution in [0.15, 0.2) is 47.4 Å². The molecule has 0 atom stereocenters. The lowest BCUT2D eigenvalue weighted by Crippen LogP contribution is -2.37. The first kappa shape index (κ1) is 21.9. The monoisotopic (exact) mass is 446 g/mol. The summed E-state index contributed by atoms with van der Waals surface area (Å²) in [5, 5.41) is 11.3. The Morgan fingerprint density at radius 1 is 1.18 bits per heavy atom. The van der Waals surface area contributed by atoms with Crippen molar-refractivity contribution < 1.29 is 22.9 Å². The van der Waals surface area contributed by atoms with E-state index in [0.717, 1.165) is 12.1 Å². The summed E-state index contributed by atoms with van der Waals surface area (Å²) in [5.41, 5.74) is -0.598. The van der Waals surface area contributed by atoms with E-state index in [2.05, 4.69) is 0 Å². The van der Waals surface area contributed by atoms with Gasteiger partial charge < -0.3 is 4.74 Å². The third kappa shape index (κ3) is 5.12. The highest BCUT2D eigenvalue weighted by Gasteiger charge is 2.30. The van der Waals surface area contributed by atoms with Crippen LogP contribution in [0.5, 0.6) is 0 Å². The van der Waals surface area contributed by atoms with Crippen molar-refractivity contribution in [1.29, 1.82) is 0 Å². The number of benzene rings is 2. The molecule has 0 unspecified atom stereocenters. The molecule has 0 spiro atoms. The minimum atomic E-state index is -4.30. The first-order valence-electron chi connectivity index (χ1n) is 7.94. The van der Waals surface area contributed by atoms with Crippen LogP contribution in [0.1, 0.15) is 13.8 Å². The van der Waals surface area contributed by atoms with Crippen LogP contribution < -0.4 is 4.31 Å². The van der Waals surface area contributed by atoms with E-state index in [1.165, 1.54) is 30.3 Å². The Morgan fingerprint density at radius 3 is 2.32 bits per heavy atom. The molecular weight excluding hydrogens is 431 g/mol. The number of non-ortho nitro benzene ring substituents is 1. The summed E-state index contributed by atoms with van der Waals surface area (Å²) in [6.07, 6.45) is -0.479. The largest absolute Gasteiger partial charge is 0.462 e. The van der Waals surface area contributed by atoms with E-state index in [4.69, 9.17) is 27.9 Å². The van der Waals surface area contributed by atoms with Gasteiger partial charge in [0.1, 0.15) is 6.54 Å². The van der Waals surface area contributed by atoms with E-state index in [-0.39, 0.29) is 21.3 Å². The van der Waals surface area contributed by atoms with Gasteiger partial charge in [-0.2, -0.15) is 0 Å². The van der Waals surface area contributed by atoms with Crippen LogP contribution in [0.25, 0.3) is 0 Å². The molecule has 0 fully saturated rings. The molecule has 0 aliphatic rings. The Balaban J connectivity index is 2.60. The van der Waals surface area contributed by atoms with Crippen molar-refractivity contribution in [2.75, 3.05) is 10.8 Å². The molecular formula is C17H16Cl2N2O6S. The fourth-order valence-corrected chi connectivity index (χ4v) is 4.07. The van der Waals surface area contributed by atoms with Gasteiger partial charge in [-0.1, -0.05) is 23.2 Å². The zero-order chi connectivity index (χ0) is 21.1. The SMILES string of the molecule is CC(C)OC(=O)CN(c1cc([N+](=O)[O-])ccc1Cl)S(=O)(=O)c1ccc(Cl)cc1. The highest BCUT2D eigenvalue weighted by atomic mass is 35.5. The number of hydrogen-bond acceptors (Lipinski definition) is 6. The van der Waals surface area contributed by atoms with Gasteiger partial charge in [0.05, 0.1) is 26.6 Å². The number of halogens is 2. The highest BCUT2D eigenvalue weighted by Crippen LogP contribution is 2.34. The fourth-order valence-electron chi connectivity index (χ4n) is 2.26. The number of carbonyl (C=O) groups is 1. The summed E-state index contributed by atoms with van der Waals surface area (Å²) >= 11 is 11.9. The van der Waals surface area contributed by atoms with Gasteiger partial charge in [-0.3, -0.25) is 19.2 Å². The smallest absolute Gasteiger partial charge is 0.327 e. The number of esters is 1. The van der Waals surface area contributed by atoms with Gasteiger partial charge in [0.2, 0.25) is 0 Å². The van der Waals surface area contributed by atoms with Gasteiger partial charge >= 0.3 is 5.97 Å². The first-order valence-corrected chi connectivity index (χ1v) is 10.1. The zero-order valence-corrected chi connectivity index (χ0v) is 17.2. The van der Waals surface area contributed by atoms with Crippen LogP contribution in [0.4, 0.5) is 11.4 Å². The van der Waals surface area contributed by atoms with Crippen molar-refractivity contribution in [2.45, 2.75) is 24.8 Å². The quantitative estimate of drug-likeness (QED) is 0.360. The predicted octanol–water partition coefficient (Wildman–Crippen LogP) is 4.05. The van der Waals surface area contributed by atoms with Crippen molar-refractivity contribution in [3.05, 3.63) is 62.6 Å². The molecule has 0 bridgehead atoms. The van der Waals surface area contributed by atoms with Crippen LogP contribution in [-0.4, -0.2) is 32.0 Å². The topological polar surface area (TPSA) is 107 Å². The van der Waals surface area contributed by atoms with E-state index in [9.17, 15) is 23.3 Å². The van der Waals surface area contributed by atoms with Crippen LogP contribution in [0.2, 0.25) is 10.0 Å². The van der Waals surface area contributed by atoms with E-state index < -0.39 is 33.6 Å². The second kappa shape index (κ2) is 8.76. The molecule has 0 N–H and O–H groups in total. The first-order chi connectivity index (χ1) is 13.0. The molecule has 11 heteroatoms. The number of rotatable bonds is 7. The number of anilines is 1. The number of ether oxygens (including phenoxy) is 1. The summed E-state index contributed by atoms with van der Waals surface area (Å²) in [4.78, 5) is 22.4. The molecule has 0 heterocycles. The normalized spacial score (nSPS) is 11.3. The molecule has 2 aromatic rings. The molecule has 0 aliphatic carbocycles. The minimum Gasteiger partial charge on any atom is -0.462 e. The van der Waals surface area contributed by atoms with Crippen LogP contribution in [0, 0.1) is 10.1 Å². The van der Waals surface area contributed by atoms with Crippen LogP contribution in [0.3, 0.4) is 0 Å². The predicted molar refractivity (Wildman–Crippen MR) is 105 cm³/mol. The molecule has 150 valence electrons. The molecule has 8 nitrogen and oxygen atoms in total. The number of nitro groups is 1. The van der Waals surface area contributed by atoms with Crippen molar-refractivity contribution in [3.63, 3.8) is 0 Å². The van der Waals surface area contributed by atoms with Gasteiger partial charge in [0.25, 0.3) is 15.7 Å². The van der Waals surface area contributed by atoms with Crippen LogP contribution >= 0.6 is 23.2 Å². The number of nitrogens with zero attached hydrogens (tertiary/aromatic N) is 2. The van der Waals surface area contributed by atoms with E-state index in [0.29, 0.717) is 9.33 Å². The molecule has 2 aromatic carbocycles. The van der Waals surface area contributed by atoms with Crippen molar-refractivity contribution in [2.24, 2.45) is 0 Å². The van der Waals surface area contributed by atoms with Gasteiger partial charge in [0.15, 0.2) is 0 Å². The summed E-state index contributed by atoms with van der Waals surface area (Å²) in [5.74, 6) is -0.838. The fraction of sp³-hybridized carbons (Fsp3) is 0.235. The summed E-state index contributed by atoms with van der Waals surface area (Å²) in [7, 11) is -4.30. The molecule has 0 saturated heterocycles. The zero-order valence-electron chi connectivity index (χ0n) is 14.8. The second-order valence-electron chi connectivity index (χ2n) is 5.90. The molecule has 2 rings (SSSR count). The Morgan fingerprint density at radius 2 is 1.79 bits per heavy atom. The van der Waals surface area contributed by atoms with Crippen molar-refractivity contribution >= 4 is 50.6 Å². The minimum absolute atomic E-state index is 0.0829. The maximum atomic E-state index is 13.1. The van der Waals surface area contributed by atoms with Crippen molar-refractivity contribution in [3.8, 4) is 0 Å². The average Bonchev–Trinajstić information content (AvgIpc) is 2.60. The third-order valence-electron chi connectivity index (χ3n) is 3.45. The molecule has 28 heavy (non-hydrogen) atoms. The lowest BCUT2D eigenvalue weighted by Gasteiger charge is -2.25. The molecule has 0 saturated carbocycles. The number of nitro benzene ring substituents is 1. The van der Waals surface area contributed by atoms with Gasteiger partial charge in [-0.25, -0.2) is 8.42 Å². The van der Waals surface area contributed by atoms with E-state index in [1.807, 2.05) is 0 Å². The van der Waals surface area contributed by atoms with Crippen molar-refractivity contribution in [1.82, 2.24) is 0 Å². The lowest BCUT2D eigenvalue weighted by molar-refractivity contribution is -0.384. The number of hydrogen-bond donors (Lipinski definition) is 0. The molecule has 0 amide bonds. The van der Waals surface area contributed by atoms with Gasteiger partial charge in [-0.15, -0.1) is 0 Å². The number of carbonyl (C=O) groups excluding carboxylic acids is 1. The second-order valence-corrected chi connectivity index (χ2v) is 8.60. The standard InChI is InChI=1S/C17H16Cl2N2O6S/c1-11(2)27-17(22)10-20(16-9-13(21(23)24)5-8-15(16)19)28(25,26)14-6-3-12(18)4-7-14/h3-9,11H,10H2,1-2H3. The Hall–Kier alpha value is -2.36. The lowest BCUT2D eigenvalue weighted by atomic mass is 10.3. The van der Waals surface area contributed by atoms with Gasteiger partial charge in [0, 0.05) is 17.2 Å². The van der Waals surface area contributed by atoms with Crippen LogP contribution in [-0.2, 0) is 19.6 Å². The Labute approximate surface area is 171 Å². The van der Waals surface area contributed by atoms with Gasteiger partial charge in [-0.05, 0) is 44.2 Å². The summed E-state index contributed by atoms with van der Waals surface area (Å²) < 4.78 is 32.0. The Kier molecular flexibility index (Phi) is 6.87. The molecule has 0 aliphatic heterocycles. The third-order valence-corrected chi connectivity index (χ3v) is 5.80. The highest BCUT2D eigenvalue weighted by molar-refractivity contribution is 7.92. The maximum Gasteiger partial charge on any atom is 0.327 e. The average molecular weight is 447 g/mol. The number of sulfonamides is 1. The maximum absolute atomic E-state index is 13.1. The summed E-state index contributed by atoms with van der Waals surface area (Å²) in [6, 6.07) is 8.55. The van der Waals surface area contributed by atoms with E-state index in [1.54, 1.807) is 13.8 Å². The molecule has 0 aromatic heterocycles. The Bertz CT molecular complexity index is 993.